The van der Waals surface area contributed by atoms with Crippen LogP contribution in [0, 0.1) is 10.1 Å². The van der Waals surface area contributed by atoms with Crippen LogP contribution in [0.25, 0.3) is 10.8 Å². The largest absolute Gasteiger partial charge is 0.506 e. The third-order valence-electron chi connectivity index (χ3n) is 4.89. The number of azo groups is 1. The molecule has 1 atom stereocenters. The van der Waals surface area contributed by atoms with Crippen LogP contribution in [0.2, 0.25) is 0 Å². The fraction of sp³-hybridized carbons (Fsp3) is 0.100. The molecule has 3 aromatic carbocycles. The zero-order valence-electron chi connectivity index (χ0n) is 16.9. The van der Waals surface area contributed by atoms with Crippen molar-refractivity contribution in [2.75, 3.05) is 5.01 Å². The number of hydrogen-bond acceptors (Lipinski definition) is 9. The van der Waals surface area contributed by atoms with Crippen molar-refractivity contribution in [1.29, 1.82) is 0 Å². The molecule has 168 valence electrons. The molecule has 3 aromatic rings. The fourth-order valence-corrected chi connectivity index (χ4v) is 4.05. The second-order valence-electron chi connectivity index (χ2n) is 7.05. The number of phenolic OH excluding ortho intramolecular Hbond substituents is 1. The molecule has 0 fully saturated rings. The van der Waals surface area contributed by atoms with E-state index in [-0.39, 0.29) is 16.5 Å². The Morgan fingerprint density at radius 3 is 2.45 bits per heavy atom. The number of carbonyl (C=O) groups excluding carboxylic acids is 1. The molecule has 0 spiro atoms. The zero-order chi connectivity index (χ0) is 23.9. The summed E-state index contributed by atoms with van der Waals surface area (Å²) in [6.07, 6.45) is 0. The Labute approximate surface area is 186 Å². The summed E-state index contributed by atoms with van der Waals surface area (Å²) in [6.45, 7) is 1.58. The van der Waals surface area contributed by atoms with Crippen molar-refractivity contribution in [3.05, 3.63) is 64.7 Å². The monoisotopic (exact) mass is 469 g/mol. The van der Waals surface area contributed by atoms with E-state index in [0.29, 0.717) is 17.5 Å². The van der Waals surface area contributed by atoms with Gasteiger partial charge in [0.25, 0.3) is 21.7 Å². The number of carbonyl (C=O) groups is 1. The zero-order valence-corrected chi connectivity index (χ0v) is 17.7. The second-order valence-corrected chi connectivity index (χ2v) is 8.44. The number of amides is 1. The van der Waals surface area contributed by atoms with Crippen LogP contribution in [-0.2, 0) is 14.9 Å². The molecule has 1 amide bonds. The van der Waals surface area contributed by atoms with E-state index < -0.39 is 43.3 Å². The molecule has 12 nitrogen and oxygen atoms in total. The SMILES string of the molecule is CC1=NN(c2ccccc2)C(=O)C1N=Nc1c(O)cc(S(=O)(=O)O)c2cc([N+](=O)[O-])ccc12. The number of rotatable bonds is 5. The minimum atomic E-state index is -4.83. The first-order valence-corrected chi connectivity index (χ1v) is 10.8. The average Bonchev–Trinajstić information content (AvgIpc) is 3.05. The van der Waals surface area contributed by atoms with Crippen LogP contribution in [0.3, 0.4) is 0 Å². The van der Waals surface area contributed by atoms with Gasteiger partial charge in [0.05, 0.1) is 16.3 Å². The summed E-state index contributed by atoms with van der Waals surface area (Å²) >= 11 is 0. The topological polar surface area (TPSA) is 175 Å². The first-order valence-electron chi connectivity index (χ1n) is 9.34. The molecule has 0 aliphatic carbocycles. The number of aromatic hydroxyl groups is 1. The maximum absolute atomic E-state index is 12.8. The van der Waals surface area contributed by atoms with Crippen molar-refractivity contribution in [2.24, 2.45) is 15.3 Å². The quantitative estimate of drug-likeness (QED) is 0.248. The Kier molecular flexibility index (Phi) is 5.35. The highest BCUT2D eigenvalue weighted by Crippen LogP contribution is 2.41. The number of nitrogens with zero attached hydrogens (tertiary/aromatic N) is 5. The standard InChI is InChI=1S/C20H15N5O7S/c1-11-18(20(27)24(23-11)12-5-3-2-4-6-12)21-22-19-14-8-7-13(25(28)29)9-15(14)17(10-16(19)26)33(30,31)32/h2-10,18,26H,1H3,(H,30,31,32). The van der Waals surface area contributed by atoms with Gasteiger partial charge >= 0.3 is 0 Å². The van der Waals surface area contributed by atoms with Gasteiger partial charge < -0.3 is 5.11 Å². The van der Waals surface area contributed by atoms with Crippen molar-refractivity contribution < 1.29 is 27.8 Å². The molecule has 0 saturated heterocycles. The predicted octanol–water partition coefficient (Wildman–Crippen LogP) is 3.58. The van der Waals surface area contributed by atoms with Crippen molar-refractivity contribution in [3.8, 4) is 5.75 Å². The molecule has 2 N–H and O–H groups in total. The number of non-ortho nitro benzene ring substituents is 1. The van der Waals surface area contributed by atoms with Crippen LogP contribution >= 0.6 is 0 Å². The smallest absolute Gasteiger partial charge is 0.295 e. The van der Waals surface area contributed by atoms with Crippen molar-refractivity contribution >= 4 is 49.6 Å². The van der Waals surface area contributed by atoms with E-state index in [9.17, 15) is 33.0 Å². The van der Waals surface area contributed by atoms with Gasteiger partial charge in [-0.1, -0.05) is 18.2 Å². The molecule has 0 aromatic heterocycles. The number of benzene rings is 3. The molecule has 13 heteroatoms. The summed E-state index contributed by atoms with van der Waals surface area (Å²) in [5, 5.41) is 34.5. The van der Waals surface area contributed by atoms with E-state index in [4.69, 9.17) is 0 Å². The second kappa shape index (κ2) is 8.03. The van der Waals surface area contributed by atoms with Crippen molar-refractivity contribution in [1.82, 2.24) is 0 Å². The maximum Gasteiger partial charge on any atom is 0.295 e. The van der Waals surface area contributed by atoms with Crippen LogP contribution in [-0.4, -0.2) is 40.7 Å². The molecule has 4 rings (SSSR count). The summed E-state index contributed by atoms with van der Waals surface area (Å²) in [6, 6.07) is 11.4. The number of phenols is 1. The number of anilines is 1. The molecule has 0 radical (unpaired) electrons. The van der Waals surface area contributed by atoms with Gasteiger partial charge in [0, 0.05) is 29.0 Å². The molecule has 33 heavy (non-hydrogen) atoms. The van der Waals surface area contributed by atoms with Gasteiger partial charge in [0.15, 0.2) is 6.04 Å². The number of hydrogen-bond donors (Lipinski definition) is 2. The van der Waals surface area contributed by atoms with E-state index in [0.717, 1.165) is 12.1 Å². The lowest BCUT2D eigenvalue weighted by atomic mass is 10.1. The number of hydrazone groups is 1. The Hall–Kier alpha value is -4.23. The Morgan fingerprint density at radius 2 is 1.82 bits per heavy atom. The average molecular weight is 469 g/mol. The third kappa shape index (κ3) is 4.02. The molecule has 1 aliphatic heterocycles. The minimum Gasteiger partial charge on any atom is -0.506 e. The predicted molar refractivity (Wildman–Crippen MR) is 117 cm³/mol. The lowest BCUT2D eigenvalue weighted by molar-refractivity contribution is -0.384. The number of nitro benzene ring substituents is 1. The minimum absolute atomic E-state index is 0.0306. The van der Waals surface area contributed by atoms with Crippen LogP contribution < -0.4 is 5.01 Å². The van der Waals surface area contributed by atoms with E-state index in [1.54, 1.807) is 37.3 Å². The fourth-order valence-electron chi connectivity index (χ4n) is 3.34. The maximum atomic E-state index is 12.8. The first kappa shape index (κ1) is 22.0. The molecule has 1 unspecified atom stereocenters. The highest BCUT2D eigenvalue weighted by atomic mass is 32.2. The van der Waals surface area contributed by atoms with Crippen LogP contribution in [0.4, 0.5) is 17.1 Å². The lowest BCUT2D eigenvalue weighted by Crippen LogP contribution is -2.29. The summed E-state index contributed by atoms with van der Waals surface area (Å²) in [5.41, 5.74) is 0.193. The molecule has 1 aliphatic rings. The van der Waals surface area contributed by atoms with Gasteiger partial charge in [-0.2, -0.15) is 28.8 Å². The number of nitro groups is 1. The molecule has 0 bridgehead atoms. The Morgan fingerprint density at radius 1 is 1.12 bits per heavy atom. The van der Waals surface area contributed by atoms with Crippen LogP contribution in [0.5, 0.6) is 5.75 Å². The van der Waals surface area contributed by atoms with E-state index in [1.807, 2.05) is 0 Å². The van der Waals surface area contributed by atoms with Crippen LogP contribution in [0.1, 0.15) is 6.92 Å². The van der Waals surface area contributed by atoms with E-state index >= 15 is 0 Å². The molecular weight excluding hydrogens is 454 g/mol. The van der Waals surface area contributed by atoms with Gasteiger partial charge in [-0.25, -0.2) is 0 Å². The van der Waals surface area contributed by atoms with Crippen LogP contribution in [0.15, 0.2) is 74.8 Å². The summed E-state index contributed by atoms with van der Waals surface area (Å²) in [7, 11) is -4.83. The highest BCUT2D eigenvalue weighted by Gasteiger charge is 2.35. The number of para-hydroxylation sites is 1. The van der Waals surface area contributed by atoms with Crippen molar-refractivity contribution in [3.63, 3.8) is 0 Å². The summed E-state index contributed by atoms with van der Waals surface area (Å²) in [5.74, 6) is -1.15. The normalized spacial score (nSPS) is 16.5. The highest BCUT2D eigenvalue weighted by molar-refractivity contribution is 7.86. The first-order chi connectivity index (χ1) is 15.6. The van der Waals surface area contributed by atoms with Gasteiger partial charge in [-0.05, 0) is 25.1 Å². The van der Waals surface area contributed by atoms with Crippen molar-refractivity contribution in [2.45, 2.75) is 17.9 Å². The molecule has 1 heterocycles. The Bertz CT molecular complexity index is 1470. The van der Waals surface area contributed by atoms with Gasteiger partial charge in [-0.15, -0.1) is 0 Å². The van der Waals surface area contributed by atoms with Gasteiger partial charge in [0.1, 0.15) is 16.3 Å². The molecular formula is C20H15N5O7S. The van der Waals surface area contributed by atoms with Gasteiger partial charge in [0.2, 0.25) is 0 Å². The molecule has 0 saturated carbocycles. The number of fused-ring (bicyclic) bond motifs is 1. The summed E-state index contributed by atoms with van der Waals surface area (Å²) < 4.78 is 33.1. The Balaban J connectivity index is 1.79. The lowest BCUT2D eigenvalue weighted by Gasteiger charge is -2.12. The van der Waals surface area contributed by atoms with E-state index in [1.165, 1.54) is 11.1 Å². The van der Waals surface area contributed by atoms with Gasteiger partial charge in [-0.3, -0.25) is 19.5 Å². The third-order valence-corrected chi connectivity index (χ3v) is 5.79. The summed E-state index contributed by atoms with van der Waals surface area (Å²) in [4.78, 5) is 22.4. The van der Waals surface area contributed by atoms with E-state index in [2.05, 4.69) is 15.3 Å².